The lowest BCUT2D eigenvalue weighted by molar-refractivity contribution is -0.124. The molecule has 2 aromatic carbocycles. The minimum absolute atomic E-state index is 0.152. The number of sulfonamides is 1. The Kier molecular flexibility index (Phi) is 6.12. The van der Waals surface area contributed by atoms with Crippen LogP contribution in [0.25, 0.3) is 0 Å². The Morgan fingerprint density at radius 3 is 2.50 bits per heavy atom. The number of hydrogen-bond donors (Lipinski definition) is 1. The molecule has 5 nitrogen and oxygen atoms in total. The number of nitrogens with zero attached hydrogens (tertiary/aromatic N) is 1. The maximum absolute atomic E-state index is 13.0. The third-order valence-electron chi connectivity index (χ3n) is 5.18. The number of nitrogens with one attached hydrogen (secondary N) is 1. The Balaban J connectivity index is 1.78. The van der Waals surface area contributed by atoms with Gasteiger partial charge in [-0.3, -0.25) is 4.79 Å². The zero-order valence-electron chi connectivity index (χ0n) is 16.3. The Labute approximate surface area is 171 Å². The summed E-state index contributed by atoms with van der Waals surface area (Å²) < 4.78 is 27.3. The first kappa shape index (κ1) is 20.8. The molecule has 0 radical (unpaired) electrons. The van der Waals surface area contributed by atoms with Crippen molar-refractivity contribution in [3.8, 4) is 0 Å². The molecule has 2 aromatic rings. The van der Waals surface area contributed by atoms with E-state index in [-0.39, 0.29) is 16.8 Å². The van der Waals surface area contributed by atoms with Crippen molar-refractivity contribution in [1.82, 2.24) is 9.62 Å². The van der Waals surface area contributed by atoms with Gasteiger partial charge in [0.25, 0.3) is 0 Å². The van der Waals surface area contributed by atoms with Crippen LogP contribution in [0, 0.1) is 13.8 Å². The van der Waals surface area contributed by atoms with Crippen LogP contribution in [0.2, 0.25) is 5.02 Å². The van der Waals surface area contributed by atoms with Crippen LogP contribution in [0.3, 0.4) is 0 Å². The molecule has 1 amide bonds. The first-order chi connectivity index (χ1) is 13.2. The van der Waals surface area contributed by atoms with Crippen molar-refractivity contribution in [2.24, 2.45) is 0 Å². The van der Waals surface area contributed by atoms with Crippen LogP contribution >= 0.6 is 11.6 Å². The van der Waals surface area contributed by atoms with Crippen molar-refractivity contribution >= 4 is 27.5 Å². The summed E-state index contributed by atoms with van der Waals surface area (Å²) in [5, 5.41) is 3.46. The highest BCUT2D eigenvalue weighted by Gasteiger charge is 2.39. The highest BCUT2D eigenvalue weighted by molar-refractivity contribution is 7.89. The van der Waals surface area contributed by atoms with E-state index >= 15 is 0 Å². The lowest BCUT2D eigenvalue weighted by Gasteiger charge is -2.25. The van der Waals surface area contributed by atoms with Crippen molar-refractivity contribution in [2.45, 2.75) is 50.6 Å². The molecule has 28 heavy (non-hydrogen) atoms. The van der Waals surface area contributed by atoms with Gasteiger partial charge in [-0.25, -0.2) is 8.42 Å². The number of hydrogen-bond acceptors (Lipinski definition) is 3. The van der Waals surface area contributed by atoms with Gasteiger partial charge in [-0.15, -0.1) is 0 Å². The normalized spacial score (nSPS) is 18.8. The molecule has 1 fully saturated rings. The molecule has 1 aliphatic rings. The molecular weight excluding hydrogens is 396 g/mol. The molecule has 1 heterocycles. The predicted octanol–water partition coefficient (Wildman–Crippen LogP) is 3.99. The third-order valence-corrected chi connectivity index (χ3v) is 7.35. The Bertz CT molecular complexity index is 974. The maximum atomic E-state index is 13.0. The van der Waals surface area contributed by atoms with Crippen LogP contribution in [-0.4, -0.2) is 31.2 Å². The van der Waals surface area contributed by atoms with Crippen molar-refractivity contribution in [1.29, 1.82) is 0 Å². The number of benzene rings is 2. The van der Waals surface area contributed by atoms with Gasteiger partial charge < -0.3 is 5.32 Å². The minimum atomic E-state index is -3.75. The smallest absolute Gasteiger partial charge is 0.243 e. The molecule has 0 saturated carbocycles. The monoisotopic (exact) mass is 420 g/mol. The second-order valence-corrected chi connectivity index (χ2v) is 9.65. The summed E-state index contributed by atoms with van der Waals surface area (Å²) in [5.74, 6) is -0.262. The quantitative estimate of drug-likeness (QED) is 0.795. The van der Waals surface area contributed by atoms with Gasteiger partial charge in [0.2, 0.25) is 15.9 Å². The standard InChI is InChI=1S/C21H25ClN2O3S/c1-14-6-11-19(15(2)13-14)16(3)23-21(25)20-5-4-12-24(20)28(26,27)18-9-7-17(22)8-10-18/h6-11,13,16,20H,4-5,12H2,1-3H3,(H,23,25)/t16-,20+/m0/s1. The lowest BCUT2D eigenvalue weighted by atomic mass is 10.00. The summed E-state index contributed by atoms with van der Waals surface area (Å²) in [7, 11) is -3.75. The molecule has 1 saturated heterocycles. The zero-order chi connectivity index (χ0) is 20.5. The Morgan fingerprint density at radius 2 is 1.86 bits per heavy atom. The van der Waals surface area contributed by atoms with Crippen LogP contribution in [0.15, 0.2) is 47.4 Å². The van der Waals surface area contributed by atoms with Crippen molar-refractivity contribution in [3.63, 3.8) is 0 Å². The molecule has 2 atom stereocenters. The molecule has 0 aliphatic carbocycles. The van der Waals surface area contributed by atoms with Crippen molar-refractivity contribution in [2.75, 3.05) is 6.54 Å². The van der Waals surface area contributed by atoms with Crippen LogP contribution in [0.5, 0.6) is 0 Å². The summed E-state index contributed by atoms with van der Waals surface area (Å²) in [5.41, 5.74) is 3.30. The zero-order valence-corrected chi connectivity index (χ0v) is 17.8. The van der Waals surface area contributed by atoms with Crippen LogP contribution < -0.4 is 5.32 Å². The number of carbonyl (C=O) groups is 1. The first-order valence-electron chi connectivity index (χ1n) is 9.35. The summed E-state index contributed by atoms with van der Waals surface area (Å²) >= 11 is 5.87. The summed E-state index contributed by atoms with van der Waals surface area (Å²) in [4.78, 5) is 13.1. The number of amides is 1. The van der Waals surface area contributed by atoms with Crippen LogP contribution in [-0.2, 0) is 14.8 Å². The molecule has 0 aromatic heterocycles. The van der Waals surface area contributed by atoms with E-state index in [2.05, 4.69) is 11.4 Å². The first-order valence-corrected chi connectivity index (χ1v) is 11.2. The van der Waals surface area contributed by atoms with Crippen LogP contribution in [0.4, 0.5) is 0 Å². The molecular formula is C21H25ClN2O3S. The van der Waals surface area contributed by atoms with E-state index < -0.39 is 16.1 Å². The molecule has 0 unspecified atom stereocenters. The second kappa shape index (κ2) is 8.23. The average Bonchev–Trinajstić information content (AvgIpc) is 3.12. The fourth-order valence-electron chi connectivity index (χ4n) is 3.73. The largest absolute Gasteiger partial charge is 0.348 e. The molecule has 1 N–H and O–H groups in total. The van der Waals surface area contributed by atoms with E-state index in [1.54, 1.807) is 12.1 Å². The Hall–Kier alpha value is -1.89. The van der Waals surface area contributed by atoms with Gasteiger partial charge in [-0.05, 0) is 69.0 Å². The predicted molar refractivity (Wildman–Crippen MR) is 111 cm³/mol. The molecule has 1 aliphatic heterocycles. The Morgan fingerprint density at radius 1 is 1.18 bits per heavy atom. The number of halogens is 1. The fraction of sp³-hybridized carbons (Fsp3) is 0.381. The van der Waals surface area contributed by atoms with Crippen molar-refractivity contribution < 1.29 is 13.2 Å². The van der Waals surface area contributed by atoms with Gasteiger partial charge in [0.1, 0.15) is 6.04 Å². The summed E-state index contributed by atoms with van der Waals surface area (Å²) in [6.07, 6.45) is 1.17. The van der Waals surface area contributed by atoms with E-state index in [0.717, 1.165) is 16.7 Å². The second-order valence-electron chi connectivity index (χ2n) is 7.32. The van der Waals surface area contributed by atoms with Crippen molar-refractivity contribution in [3.05, 3.63) is 64.2 Å². The van der Waals surface area contributed by atoms with Crippen LogP contribution in [0.1, 0.15) is 42.5 Å². The third kappa shape index (κ3) is 4.24. The molecule has 7 heteroatoms. The summed E-state index contributed by atoms with van der Waals surface area (Å²) in [6, 6.07) is 11.2. The van der Waals surface area contributed by atoms with Gasteiger partial charge in [0.15, 0.2) is 0 Å². The van der Waals surface area contributed by atoms with Gasteiger partial charge in [0, 0.05) is 11.6 Å². The average molecular weight is 421 g/mol. The molecule has 150 valence electrons. The van der Waals surface area contributed by atoms with E-state index in [1.807, 2.05) is 32.9 Å². The van der Waals surface area contributed by atoms with Gasteiger partial charge >= 0.3 is 0 Å². The molecule has 0 spiro atoms. The lowest BCUT2D eigenvalue weighted by Crippen LogP contribution is -2.46. The fourth-order valence-corrected chi connectivity index (χ4v) is 5.51. The van der Waals surface area contributed by atoms with E-state index in [1.165, 1.54) is 16.4 Å². The SMILES string of the molecule is Cc1ccc([C@H](C)NC(=O)[C@H]2CCCN2S(=O)(=O)c2ccc(Cl)cc2)c(C)c1. The highest BCUT2D eigenvalue weighted by Crippen LogP contribution is 2.28. The minimum Gasteiger partial charge on any atom is -0.348 e. The number of rotatable bonds is 5. The topological polar surface area (TPSA) is 66.5 Å². The van der Waals surface area contributed by atoms with E-state index in [4.69, 9.17) is 11.6 Å². The summed E-state index contributed by atoms with van der Waals surface area (Å²) in [6.45, 7) is 6.29. The number of carbonyl (C=O) groups excluding carboxylic acids is 1. The van der Waals surface area contributed by atoms with E-state index in [0.29, 0.717) is 24.4 Å². The maximum Gasteiger partial charge on any atom is 0.243 e. The number of aryl methyl sites for hydroxylation is 2. The van der Waals surface area contributed by atoms with Gasteiger partial charge in [0.05, 0.1) is 10.9 Å². The van der Waals surface area contributed by atoms with Gasteiger partial charge in [-0.1, -0.05) is 35.4 Å². The molecule has 3 rings (SSSR count). The highest BCUT2D eigenvalue weighted by atomic mass is 35.5. The molecule has 0 bridgehead atoms. The van der Waals surface area contributed by atoms with E-state index in [9.17, 15) is 13.2 Å². The van der Waals surface area contributed by atoms with Gasteiger partial charge in [-0.2, -0.15) is 4.31 Å².